The summed E-state index contributed by atoms with van der Waals surface area (Å²) in [5.41, 5.74) is 0.689. The second kappa shape index (κ2) is 6.11. The summed E-state index contributed by atoms with van der Waals surface area (Å²) in [4.78, 5) is 17.2. The lowest BCUT2D eigenvalue weighted by atomic mass is 9.49. The van der Waals surface area contributed by atoms with Crippen molar-refractivity contribution in [1.29, 1.82) is 0 Å². The second-order valence-electron chi connectivity index (χ2n) is 8.46. The molecule has 0 spiro atoms. The molecule has 4 bridgehead atoms. The van der Waals surface area contributed by atoms with Gasteiger partial charge >= 0.3 is 0 Å². The van der Waals surface area contributed by atoms with Gasteiger partial charge in [-0.25, -0.2) is 0 Å². The normalized spacial score (nSPS) is 31.6. The maximum Gasteiger partial charge on any atom is 0.230 e. The van der Waals surface area contributed by atoms with Gasteiger partial charge < -0.3 is 10.1 Å². The van der Waals surface area contributed by atoms with E-state index in [0.29, 0.717) is 0 Å². The summed E-state index contributed by atoms with van der Waals surface area (Å²) in [6.45, 7) is 0. The van der Waals surface area contributed by atoms with Crippen LogP contribution in [0.25, 0.3) is 0 Å². The van der Waals surface area contributed by atoms with E-state index in [0.717, 1.165) is 54.2 Å². The van der Waals surface area contributed by atoms with E-state index >= 15 is 0 Å². The van der Waals surface area contributed by atoms with Crippen molar-refractivity contribution < 1.29 is 9.53 Å². The van der Waals surface area contributed by atoms with Crippen LogP contribution in [0.15, 0.2) is 48.8 Å². The molecule has 0 radical (unpaired) electrons. The Labute approximate surface area is 154 Å². The van der Waals surface area contributed by atoms with E-state index in [9.17, 15) is 4.79 Å². The van der Waals surface area contributed by atoms with E-state index in [2.05, 4.69) is 10.3 Å². The fourth-order valence-corrected chi connectivity index (χ4v) is 5.83. The van der Waals surface area contributed by atoms with Gasteiger partial charge in [-0.15, -0.1) is 0 Å². The van der Waals surface area contributed by atoms with Crippen molar-refractivity contribution in [2.75, 3.05) is 5.32 Å². The van der Waals surface area contributed by atoms with Crippen molar-refractivity contribution in [3.8, 4) is 11.5 Å². The summed E-state index contributed by atoms with van der Waals surface area (Å²) in [6.07, 6.45) is 10.7. The van der Waals surface area contributed by atoms with Crippen LogP contribution in [0.3, 0.4) is 0 Å². The first-order valence-corrected chi connectivity index (χ1v) is 9.68. The first-order chi connectivity index (χ1) is 12.7. The standard InChI is InChI=1S/C22H24N2O2/c25-21(22-12-15-8-16(13-22)10-17(9-15)14-22)24-18-2-1-3-20(11-18)26-19-4-6-23-7-5-19/h1-7,11,15-17H,8-10,12-14H2,(H,24,25). The minimum absolute atomic E-state index is 0.128. The van der Waals surface area contributed by atoms with Gasteiger partial charge in [-0.1, -0.05) is 6.07 Å². The molecule has 1 aromatic heterocycles. The van der Waals surface area contributed by atoms with E-state index in [1.54, 1.807) is 12.4 Å². The summed E-state index contributed by atoms with van der Waals surface area (Å²) in [5, 5.41) is 3.19. The number of nitrogens with zero attached hydrogens (tertiary/aromatic N) is 1. The molecule has 4 heteroatoms. The second-order valence-corrected chi connectivity index (χ2v) is 8.46. The molecule has 0 saturated heterocycles. The van der Waals surface area contributed by atoms with Crippen LogP contribution in [-0.2, 0) is 4.79 Å². The summed E-state index contributed by atoms with van der Waals surface area (Å²) in [5.74, 6) is 4.00. The van der Waals surface area contributed by atoms with Crippen molar-refractivity contribution in [2.24, 2.45) is 23.2 Å². The van der Waals surface area contributed by atoms with Gasteiger partial charge in [-0.3, -0.25) is 9.78 Å². The van der Waals surface area contributed by atoms with E-state index in [1.165, 1.54) is 19.3 Å². The molecular weight excluding hydrogens is 324 g/mol. The van der Waals surface area contributed by atoms with Gasteiger partial charge in [0, 0.05) is 24.1 Å². The number of rotatable bonds is 4. The summed E-state index contributed by atoms with van der Waals surface area (Å²) < 4.78 is 5.86. The van der Waals surface area contributed by atoms with Gasteiger partial charge in [0.1, 0.15) is 11.5 Å². The molecule has 0 atom stereocenters. The molecule has 1 heterocycles. The number of benzene rings is 1. The molecule has 4 aliphatic carbocycles. The van der Waals surface area contributed by atoms with Gasteiger partial charge in [0.15, 0.2) is 0 Å². The molecule has 26 heavy (non-hydrogen) atoms. The smallest absolute Gasteiger partial charge is 0.230 e. The lowest BCUT2D eigenvalue weighted by Gasteiger charge is -2.55. The first-order valence-electron chi connectivity index (χ1n) is 9.68. The highest BCUT2D eigenvalue weighted by molar-refractivity contribution is 5.95. The third-order valence-corrected chi connectivity index (χ3v) is 6.50. The summed E-state index contributed by atoms with van der Waals surface area (Å²) >= 11 is 0. The Balaban J connectivity index is 1.32. The molecule has 0 unspecified atom stereocenters. The number of hydrogen-bond donors (Lipinski definition) is 1. The Morgan fingerprint density at radius 2 is 1.62 bits per heavy atom. The maximum atomic E-state index is 13.2. The summed E-state index contributed by atoms with van der Waals surface area (Å²) in [7, 11) is 0. The highest BCUT2D eigenvalue weighted by Crippen LogP contribution is 2.60. The number of carbonyl (C=O) groups excluding carboxylic acids is 1. The van der Waals surface area contributed by atoms with Gasteiger partial charge in [-0.05, 0) is 80.5 Å². The van der Waals surface area contributed by atoms with Crippen LogP contribution >= 0.6 is 0 Å². The number of pyridine rings is 1. The van der Waals surface area contributed by atoms with E-state index in [4.69, 9.17) is 4.74 Å². The first kappa shape index (κ1) is 15.9. The molecule has 4 aliphatic rings. The average molecular weight is 348 g/mol. The number of aromatic nitrogens is 1. The van der Waals surface area contributed by atoms with Crippen LogP contribution in [0.5, 0.6) is 11.5 Å². The predicted octanol–water partition coefficient (Wildman–Crippen LogP) is 5.03. The minimum atomic E-state index is -0.128. The lowest BCUT2D eigenvalue weighted by Crippen LogP contribution is -2.51. The fourth-order valence-electron chi connectivity index (χ4n) is 5.83. The van der Waals surface area contributed by atoms with Crippen molar-refractivity contribution in [1.82, 2.24) is 4.98 Å². The Bertz CT molecular complexity index is 783. The number of amides is 1. The SMILES string of the molecule is O=C(Nc1cccc(Oc2ccncc2)c1)C12CC3CC(CC(C3)C1)C2. The molecule has 134 valence electrons. The number of anilines is 1. The maximum absolute atomic E-state index is 13.2. The molecule has 0 aliphatic heterocycles. The van der Waals surface area contributed by atoms with Gasteiger partial charge in [0.25, 0.3) is 0 Å². The largest absolute Gasteiger partial charge is 0.457 e. The van der Waals surface area contributed by atoms with Crippen LogP contribution < -0.4 is 10.1 Å². The third-order valence-electron chi connectivity index (χ3n) is 6.50. The molecule has 1 N–H and O–H groups in total. The highest BCUT2D eigenvalue weighted by Gasteiger charge is 2.54. The van der Waals surface area contributed by atoms with Crippen LogP contribution in [0.2, 0.25) is 0 Å². The molecule has 1 aromatic carbocycles. The molecule has 4 nitrogen and oxygen atoms in total. The van der Waals surface area contributed by atoms with Crippen LogP contribution in [0.4, 0.5) is 5.69 Å². The topological polar surface area (TPSA) is 51.2 Å². The Morgan fingerprint density at radius 3 is 2.27 bits per heavy atom. The van der Waals surface area contributed by atoms with Crippen molar-refractivity contribution in [2.45, 2.75) is 38.5 Å². The van der Waals surface area contributed by atoms with Crippen LogP contribution in [-0.4, -0.2) is 10.9 Å². The Morgan fingerprint density at radius 1 is 0.962 bits per heavy atom. The molecule has 2 aromatic rings. The number of ether oxygens (including phenoxy) is 1. The minimum Gasteiger partial charge on any atom is -0.457 e. The van der Waals surface area contributed by atoms with Crippen LogP contribution in [0.1, 0.15) is 38.5 Å². The van der Waals surface area contributed by atoms with Crippen molar-refractivity contribution in [3.63, 3.8) is 0 Å². The average Bonchev–Trinajstić information content (AvgIpc) is 2.62. The summed E-state index contributed by atoms with van der Waals surface area (Å²) in [6, 6.07) is 11.3. The van der Waals surface area contributed by atoms with E-state index in [-0.39, 0.29) is 11.3 Å². The van der Waals surface area contributed by atoms with Gasteiger partial charge in [0.2, 0.25) is 5.91 Å². The molecule has 6 rings (SSSR count). The van der Waals surface area contributed by atoms with Gasteiger partial charge in [-0.2, -0.15) is 0 Å². The monoisotopic (exact) mass is 348 g/mol. The fraction of sp³-hybridized carbons (Fsp3) is 0.455. The lowest BCUT2D eigenvalue weighted by molar-refractivity contribution is -0.140. The molecule has 4 saturated carbocycles. The number of nitrogens with one attached hydrogen (secondary N) is 1. The zero-order valence-electron chi connectivity index (χ0n) is 14.9. The zero-order valence-corrected chi connectivity index (χ0v) is 14.9. The van der Waals surface area contributed by atoms with Crippen LogP contribution in [0, 0.1) is 23.2 Å². The molecule has 1 amide bonds. The third kappa shape index (κ3) is 2.87. The molecular formula is C22H24N2O2. The quantitative estimate of drug-likeness (QED) is 0.843. The molecule has 4 fully saturated rings. The van der Waals surface area contributed by atoms with Gasteiger partial charge in [0.05, 0.1) is 5.41 Å². The van der Waals surface area contributed by atoms with E-state index < -0.39 is 0 Å². The zero-order chi connectivity index (χ0) is 17.6. The highest BCUT2D eigenvalue weighted by atomic mass is 16.5. The Kier molecular flexibility index (Phi) is 3.73. The number of carbonyl (C=O) groups is 1. The predicted molar refractivity (Wildman–Crippen MR) is 100.0 cm³/mol. The number of hydrogen-bond acceptors (Lipinski definition) is 3. The van der Waals surface area contributed by atoms with Crippen molar-refractivity contribution in [3.05, 3.63) is 48.8 Å². The van der Waals surface area contributed by atoms with E-state index in [1.807, 2.05) is 36.4 Å². The Hall–Kier alpha value is -2.36. The van der Waals surface area contributed by atoms with Crippen molar-refractivity contribution >= 4 is 11.6 Å².